The molecule has 5 nitrogen and oxygen atoms in total. The maximum atomic E-state index is 11.1. The second-order valence-corrected chi connectivity index (χ2v) is 4.47. The van der Waals surface area contributed by atoms with Crippen LogP contribution >= 0.6 is 15.9 Å². The molecule has 0 aromatic carbocycles. The molecule has 0 radical (unpaired) electrons. The molecule has 0 spiro atoms. The number of alkyl halides is 1. The van der Waals surface area contributed by atoms with Crippen LogP contribution in [0.1, 0.15) is 6.92 Å². The molecule has 0 bridgehead atoms. The maximum absolute atomic E-state index is 11.1. The Balaban J connectivity index is 2.95. The van der Waals surface area contributed by atoms with E-state index < -0.39 is 22.5 Å². The molecule has 2 atom stereocenters. The number of carbonyl (C=O) groups excluding carboxylic acids is 2. The summed E-state index contributed by atoms with van der Waals surface area (Å²) in [5, 5.41) is 11.5. The lowest BCUT2D eigenvalue weighted by atomic mass is 10.1. The molecule has 1 heterocycles. The van der Waals surface area contributed by atoms with Crippen LogP contribution in [0.3, 0.4) is 0 Å². The van der Waals surface area contributed by atoms with Gasteiger partial charge in [-0.2, -0.15) is 0 Å². The molecule has 2 unspecified atom stereocenters. The van der Waals surface area contributed by atoms with Crippen molar-refractivity contribution in [3.8, 4) is 0 Å². The molecule has 0 aromatic heterocycles. The third-order valence-corrected chi connectivity index (χ3v) is 2.61. The highest BCUT2D eigenvalue weighted by molar-refractivity contribution is 9.10. The molecule has 1 fully saturated rings. The average molecular weight is 237 g/mol. The van der Waals surface area contributed by atoms with Crippen LogP contribution in [-0.4, -0.2) is 39.5 Å². The van der Waals surface area contributed by atoms with E-state index in [4.69, 9.17) is 0 Å². The van der Waals surface area contributed by atoms with Gasteiger partial charge < -0.3 is 5.11 Å². The number of nitrogens with zero attached hydrogens (tertiary/aromatic N) is 1. The maximum Gasteiger partial charge on any atom is 0.325 e. The van der Waals surface area contributed by atoms with Gasteiger partial charge in [-0.15, -0.1) is 0 Å². The second-order valence-electron chi connectivity index (χ2n) is 2.82. The summed E-state index contributed by atoms with van der Waals surface area (Å²) in [5.41, 5.74) is 0. The number of carbonyl (C=O) groups is 2. The molecule has 1 rings (SSSR count). The van der Waals surface area contributed by atoms with Crippen molar-refractivity contribution in [2.75, 3.05) is 7.05 Å². The van der Waals surface area contributed by atoms with Gasteiger partial charge in [0.25, 0.3) is 0 Å². The Labute approximate surface area is 77.9 Å². The number of imide groups is 1. The van der Waals surface area contributed by atoms with E-state index in [1.165, 1.54) is 14.0 Å². The number of aliphatic hydroxyl groups is 1. The van der Waals surface area contributed by atoms with Gasteiger partial charge in [0.2, 0.25) is 5.91 Å². The van der Waals surface area contributed by atoms with Gasteiger partial charge in [-0.05, 0) is 6.92 Å². The lowest BCUT2D eigenvalue weighted by Crippen LogP contribution is -2.65. The molecular weight excluding hydrogens is 228 g/mol. The van der Waals surface area contributed by atoms with E-state index in [-0.39, 0.29) is 0 Å². The average Bonchev–Trinajstić information content (AvgIpc) is 1.99. The molecule has 1 saturated heterocycles. The van der Waals surface area contributed by atoms with Crippen molar-refractivity contribution in [3.05, 3.63) is 0 Å². The van der Waals surface area contributed by atoms with Gasteiger partial charge in [0.1, 0.15) is 4.32 Å². The van der Waals surface area contributed by atoms with Gasteiger partial charge in [-0.1, -0.05) is 15.9 Å². The van der Waals surface area contributed by atoms with E-state index in [0.29, 0.717) is 0 Å². The quantitative estimate of drug-likeness (QED) is 0.565. The molecule has 2 N–H and O–H groups in total. The number of nitrogens with one attached hydrogen (secondary N) is 1. The zero-order valence-electron chi connectivity index (χ0n) is 6.67. The van der Waals surface area contributed by atoms with E-state index in [1.54, 1.807) is 0 Å². The Hall–Kier alpha value is -0.620. The van der Waals surface area contributed by atoms with Crippen molar-refractivity contribution in [3.63, 3.8) is 0 Å². The van der Waals surface area contributed by atoms with Gasteiger partial charge in [0, 0.05) is 7.05 Å². The molecule has 1 aliphatic heterocycles. The van der Waals surface area contributed by atoms with E-state index in [0.717, 1.165) is 4.90 Å². The standard InChI is InChI=1S/C6H9BrN2O3/c1-6(7)3(10)8-5(12)9(2)4(6)11/h4,11H,1-2H3,(H,8,10,12). The lowest BCUT2D eigenvalue weighted by molar-refractivity contribution is -0.130. The topological polar surface area (TPSA) is 69.6 Å². The highest BCUT2D eigenvalue weighted by Crippen LogP contribution is 2.27. The van der Waals surface area contributed by atoms with Gasteiger partial charge in [-0.3, -0.25) is 15.0 Å². The first-order valence-corrected chi connectivity index (χ1v) is 4.12. The van der Waals surface area contributed by atoms with Crippen LogP contribution in [0.2, 0.25) is 0 Å². The zero-order valence-corrected chi connectivity index (χ0v) is 8.25. The first kappa shape index (κ1) is 9.47. The summed E-state index contributed by atoms with van der Waals surface area (Å²) in [7, 11) is 1.41. The third-order valence-electron chi connectivity index (χ3n) is 1.84. The SMILES string of the molecule is CN1C(=O)NC(=O)C(C)(Br)C1O. The van der Waals surface area contributed by atoms with Crippen LogP contribution in [0.4, 0.5) is 4.79 Å². The van der Waals surface area contributed by atoms with E-state index >= 15 is 0 Å². The normalized spacial score (nSPS) is 36.7. The van der Waals surface area contributed by atoms with Gasteiger partial charge in [0.15, 0.2) is 6.23 Å². The Kier molecular flexibility index (Phi) is 2.13. The summed E-state index contributed by atoms with van der Waals surface area (Å²) in [5.74, 6) is -0.530. The highest BCUT2D eigenvalue weighted by Gasteiger charge is 2.46. The fourth-order valence-electron chi connectivity index (χ4n) is 0.899. The summed E-state index contributed by atoms with van der Waals surface area (Å²) in [6.07, 6.45) is -1.14. The van der Waals surface area contributed by atoms with Crippen molar-refractivity contribution >= 4 is 27.9 Å². The predicted molar refractivity (Wildman–Crippen MR) is 44.6 cm³/mol. The number of urea groups is 1. The number of amides is 3. The van der Waals surface area contributed by atoms with Gasteiger partial charge in [0.05, 0.1) is 0 Å². The molecule has 0 aliphatic carbocycles. The fourth-order valence-corrected chi connectivity index (χ4v) is 1.31. The molecule has 68 valence electrons. The highest BCUT2D eigenvalue weighted by atomic mass is 79.9. The van der Waals surface area contributed by atoms with E-state index in [2.05, 4.69) is 21.2 Å². The zero-order chi connectivity index (χ0) is 9.52. The largest absolute Gasteiger partial charge is 0.371 e. The molecule has 1 aliphatic rings. The predicted octanol–water partition coefficient (Wildman–Crippen LogP) is -0.360. The van der Waals surface area contributed by atoms with E-state index in [1.807, 2.05) is 0 Å². The second kappa shape index (κ2) is 2.70. The summed E-state index contributed by atoms with van der Waals surface area (Å²) >= 11 is 3.04. The van der Waals surface area contributed by atoms with Crippen LogP contribution in [0.25, 0.3) is 0 Å². The lowest BCUT2D eigenvalue weighted by Gasteiger charge is -2.38. The van der Waals surface area contributed by atoms with Crippen LogP contribution in [0, 0.1) is 0 Å². The first-order valence-electron chi connectivity index (χ1n) is 3.32. The summed E-state index contributed by atoms with van der Waals surface area (Å²) in [4.78, 5) is 23.1. The minimum atomic E-state index is -1.14. The van der Waals surface area contributed by atoms with Gasteiger partial charge in [-0.25, -0.2) is 4.79 Å². The van der Waals surface area contributed by atoms with Crippen molar-refractivity contribution in [1.29, 1.82) is 0 Å². The Bertz CT molecular complexity index is 241. The number of hydrogen-bond donors (Lipinski definition) is 2. The first-order chi connectivity index (χ1) is 5.37. The monoisotopic (exact) mass is 236 g/mol. The molecule has 0 saturated carbocycles. The molecule has 12 heavy (non-hydrogen) atoms. The van der Waals surface area contributed by atoms with Crippen LogP contribution < -0.4 is 5.32 Å². The fraction of sp³-hybridized carbons (Fsp3) is 0.667. The minimum Gasteiger partial charge on any atom is -0.371 e. The summed E-state index contributed by atoms with van der Waals surface area (Å²) in [6, 6.07) is -0.593. The Morgan fingerprint density at radius 3 is 2.67 bits per heavy atom. The number of hydrogen-bond acceptors (Lipinski definition) is 3. The summed E-state index contributed by atoms with van der Waals surface area (Å²) < 4.78 is -1.13. The Morgan fingerprint density at radius 1 is 1.67 bits per heavy atom. The number of aliphatic hydroxyl groups excluding tert-OH is 1. The van der Waals surface area contributed by atoms with E-state index in [9.17, 15) is 14.7 Å². The number of halogens is 1. The molecule has 0 aromatic rings. The third kappa shape index (κ3) is 1.21. The molecule has 6 heteroatoms. The van der Waals surface area contributed by atoms with Crippen molar-refractivity contribution in [1.82, 2.24) is 10.2 Å². The van der Waals surface area contributed by atoms with Crippen LogP contribution in [0.5, 0.6) is 0 Å². The van der Waals surface area contributed by atoms with Crippen molar-refractivity contribution < 1.29 is 14.7 Å². The van der Waals surface area contributed by atoms with Crippen molar-refractivity contribution in [2.45, 2.75) is 17.5 Å². The summed E-state index contributed by atoms with van der Waals surface area (Å²) in [6.45, 7) is 1.50. The van der Waals surface area contributed by atoms with Gasteiger partial charge >= 0.3 is 6.03 Å². The molecule has 3 amide bonds. The van der Waals surface area contributed by atoms with Crippen LogP contribution in [0.15, 0.2) is 0 Å². The minimum absolute atomic E-state index is 0.530. The van der Waals surface area contributed by atoms with Crippen molar-refractivity contribution in [2.24, 2.45) is 0 Å². The van der Waals surface area contributed by atoms with Crippen LogP contribution in [-0.2, 0) is 4.79 Å². The molecular formula is C6H9BrN2O3. The smallest absolute Gasteiger partial charge is 0.325 e. The Morgan fingerprint density at radius 2 is 2.17 bits per heavy atom. The number of rotatable bonds is 0.